The molecule has 4 heterocycles. The number of aromatic nitrogens is 2. The molecule has 2 fully saturated rings. The zero-order valence-electron chi connectivity index (χ0n) is 44.0. The fourth-order valence-electron chi connectivity index (χ4n) is 11.0. The maximum atomic E-state index is 6.38. The average molecular weight is 1000 g/mol. The van der Waals surface area contributed by atoms with E-state index >= 15 is 0 Å². The molecule has 0 N–H and O–H groups in total. The van der Waals surface area contributed by atoms with Crippen molar-refractivity contribution in [2.24, 2.45) is 10.8 Å². The monoisotopic (exact) mass is 1000 g/mol. The summed E-state index contributed by atoms with van der Waals surface area (Å²) in [5.74, 6) is 1.73. The third kappa shape index (κ3) is 11.1. The second-order valence-electron chi connectivity index (χ2n) is 21.1. The lowest BCUT2D eigenvalue weighted by Crippen LogP contribution is -2.45. The van der Waals surface area contributed by atoms with Crippen molar-refractivity contribution in [1.82, 2.24) is 9.13 Å². The number of unbranched alkanes of at least 4 members (excludes halogenated alkanes) is 6. The van der Waals surface area contributed by atoms with Crippen molar-refractivity contribution in [3.05, 3.63) is 164 Å². The number of hydrogen-bond donors (Lipinski definition) is 0. The standard InChI is InChI=1S/C66H73N3O6/c1-3-65(46-72-47-65)44-70-37-17-5-7-19-39-74-55-33-29-50(30-34-55)67(51-31-35-56(36-32-51)75-40-20-8-6-18-38-71-45-66(4-2)48-73-49-66)52-41-53(68-61-25-13-9-21-57(61)58-22-10-14-26-62(58)68)43-54(42-52)69-63-27-15-11-23-59(63)60-24-12-16-28-64(60)69/h9-16,21-36,41-43H,3-8,17-20,37-40,44-49H2,1-2H3. The zero-order chi connectivity index (χ0) is 50.9. The highest BCUT2D eigenvalue weighted by Crippen LogP contribution is 2.42. The van der Waals surface area contributed by atoms with E-state index in [1.54, 1.807) is 0 Å². The summed E-state index contributed by atoms with van der Waals surface area (Å²) < 4.78 is 40.6. The number of ether oxygens (including phenoxy) is 6. The van der Waals surface area contributed by atoms with Gasteiger partial charge >= 0.3 is 0 Å². The first-order chi connectivity index (χ1) is 37.0. The molecule has 388 valence electrons. The van der Waals surface area contributed by atoms with Crippen molar-refractivity contribution in [2.45, 2.75) is 78.1 Å². The number of benzene rings is 7. The lowest BCUT2D eigenvalue weighted by atomic mass is 9.84. The smallest absolute Gasteiger partial charge is 0.119 e. The van der Waals surface area contributed by atoms with Crippen LogP contribution in [0.15, 0.2) is 164 Å². The van der Waals surface area contributed by atoms with Crippen LogP contribution < -0.4 is 14.4 Å². The van der Waals surface area contributed by atoms with E-state index in [-0.39, 0.29) is 10.8 Å². The van der Waals surface area contributed by atoms with Crippen LogP contribution in [-0.2, 0) is 18.9 Å². The lowest BCUT2D eigenvalue weighted by molar-refractivity contribution is -0.150. The molecule has 0 radical (unpaired) electrons. The van der Waals surface area contributed by atoms with Gasteiger partial charge in [-0.15, -0.1) is 0 Å². The highest BCUT2D eigenvalue weighted by molar-refractivity contribution is 6.10. The van der Waals surface area contributed by atoms with Gasteiger partial charge in [-0.25, -0.2) is 0 Å². The van der Waals surface area contributed by atoms with Gasteiger partial charge in [0.2, 0.25) is 0 Å². The topological polar surface area (TPSA) is 68.5 Å². The zero-order valence-corrected chi connectivity index (χ0v) is 44.0. The Bertz CT molecular complexity index is 2960. The Kier molecular flexibility index (Phi) is 15.8. The molecule has 0 atom stereocenters. The molecule has 9 heteroatoms. The quantitative estimate of drug-likeness (QED) is 0.0475. The average Bonchev–Trinajstić information content (AvgIpc) is 3.96. The molecule has 0 saturated carbocycles. The minimum Gasteiger partial charge on any atom is -0.494 e. The Morgan fingerprint density at radius 2 is 0.747 bits per heavy atom. The predicted octanol–water partition coefficient (Wildman–Crippen LogP) is 16.1. The molecular weight excluding hydrogens is 931 g/mol. The molecule has 2 aliphatic rings. The van der Waals surface area contributed by atoms with Gasteiger partial charge in [-0.3, -0.25) is 0 Å². The first-order valence-corrected chi connectivity index (χ1v) is 27.7. The number of anilines is 3. The van der Waals surface area contributed by atoms with E-state index in [1.165, 1.54) is 21.5 Å². The Labute approximate surface area is 442 Å². The Morgan fingerprint density at radius 3 is 1.08 bits per heavy atom. The van der Waals surface area contributed by atoms with Gasteiger partial charge in [-0.05, 0) is 142 Å². The molecule has 0 unspecified atom stereocenters. The van der Waals surface area contributed by atoms with E-state index in [2.05, 4.69) is 192 Å². The number of fused-ring (bicyclic) bond motifs is 6. The van der Waals surface area contributed by atoms with Crippen LogP contribution in [0.5, 0.6) is 11.5 Å². The van der Waals surface area contributed by atoms with Crippen molar-refractivity contribution >= 4 is 60.7 Å². The second kappa shape index (κ2) is 23.5. The number of nitrogens with zero attached hydrogens (tertiary/aromatic N) is 3. The second-order valence-corrected chi connectivity index (χ2v) is 21.1. The Hall–Kier alpha value is -6.62. The molecule has 11 rings (SSSR count). The first kappa shape index (κ1) is 50.5. The van der Waals surface area contributed by atoms with Crippen molar-refractivity contribution in [3.8, 4) is 22.9 Å². The molecule has 2 aliphatic heterocycles. The molecule has 2 saturated heterocycles. The van der Waals surface area contributed by atoms with Crippen molar-refractivity contribution in [1.29, 1.82) is 0 Å². The summed E-state index contributed by atoms with van der Waals surface area (Å²) in [6.07, 6.45) is 10.9. The van der Waals surface area contributed by atoms with Crippen molar-refractivity contribution in [3.63, 3.8) is 0 Å². The van der Waals surface area contributed by atoms with Crippen LogP contribution in [0.3, 0.4) is 0 Å². The van der Waals surface area contributed by atoms with Gasteiger partial charge in [0.15, 0.2) is 0 Å². The number of hydrogen-bond acceptors (Lipinski definition) is 7. The third-order valence-electron chi connectivity index (χ3n) is 15.9. The highest BCUT2D eigenvalue weighted by Gasteiger charge is 2.37. The summed E-state index contributed by atoms with van der Waals surface area (Å²) in [4.78, 5) is 2.37. The molecule has 0 bridgehead atoms. The third-order valence-corrected chi connectivity index (χ3v) is 15.9. The van der Waals surface area contributed by atoms with Crippen LogP contribution in [0, 0.1) is 10.8 Å². The van der Waals surface area contributed by atoms with Gasteiger partial charge < -0.3 is 42.5 Å². The number of rotatable bonds is 27. The fraction of sp³-hybridized carbons (Fsp3) is 0.364. The normalized spacial score (nSPS) is 14.9. The maximum Gasteiger partial charge on any atom is 0.119 e. The number of para-hydroxylation sites is 4. The van der Waals surface area contributed by atoms with E-state index in [0.29, 0.717) is 13.2 Å². The predicted molar refractivity (Wildman–Crippen MR) is 306 cm³/mol. The Morgan fingerprint density at radius 1 is 0.400 bits per heavy atom. The van der Waals surface area contributed by atoms with Gasteiger partial charge in [-0.2, -0.15) is 0 Å². The maximum absolute atomic E-state index is 6.38. The summed E-state index contributed by atoms with van der Waals surface area (Å²) >= 11 is 0. The van der Waals surface area contributed by atoms with Crippen LogP contribution in [0.4, 0.5) is 17.1 Å². The van der Waals surface area contributed by atoms with Gasteiger partial charge in [-0.1, -0.05) is 99.5 Å². The minimum atomic E-state index is 0.245. The molecule has 75 heavy (non-hydrogen) atoms. The largest absolute Gasteiger partial charge is 0.494 e. The summed E-state index contributed by atoms with van der Waals surface area (Å²) in [6.45, 7) is 12.4. The molecule has 9 aromatic rings. The first-order valence-electron chi connectivity index (χ1n) is 27.7. The molecule has 0 spiro atoms. The van der Waals surface area contributed by atoms with Gasteiger partial charge in [0.1, 0.15) is 11.5 Å². The minimum absolute atomic E-state index is 0.245. The van der Waals surface area contributed by atoms with Crippen molar-refractivity contribution in [2.75, 3.05) is 71.0 Å². The summed E-state index contributed by atoms with van der Waals surface area (Å²) in [5.41, 5.74) is 10.3. The molecule has 2 aromatic heterocycles. The van der Waals surface area contributed by atoms with E-state index in [4.69, 9.17) is 28.4 Å². The van der Waals surface area contributed by atoms with Crippen LogP contribution in [-0.4, -0.2) is 75.2 Å². The molecule has 7 aromatic carbocycles. The molecule has 9 nitrogen and oxygen atoms in total. The molecular formula is C66H73N3O6. The summed E-state index contributed by atoms with van der Waals surface area (Å²) in [7, 11) is 0. The van der Waals surface area contributed by atoms with Crippen molar-refractivity contribution < 1.29 is 28.4 Å². The summed E-state index contributed by atoms with van der Waals surface area (Å²) in [5, 5.41) is 4.90. The lowest BCUT2D eigenvalue weighted by Gasteiger charge is -2.40. The fourth-order valence-corrected chi connectivity index (χ4v) is 11.0. The van der Waals surface area contributed by atoms with Gasteiger partial charge in [0.25, 0.3) is 0 Å². The van der Waals surface area contributed by atoms with Gasteiger partial charge in [0, 0.05) is 57.0 Å². The van der Waals surface area contributed by atoms with Crippen LogP contribution >= 0.6 is 0 Å². The van der Waals surface area contributed by atoms with Crippen LogP contribution in [0.2, 0.25) is 0 Å². The molecule has 0 amide bonds. The highest BCUT2D eigenvalue weighted by atomic mass is 16.5. The van der Waals surface area contributed by atoms with E-state index < -0.39 is 0 Å². The van der Waals surface area contributed by atoms with E-state index in [0.717, 1.165) is 179 Å². The summed E-state index contributed by atoms with van der Waals surface area (Å²) in [6, 6.07) is 59.3. The van der Waals surface area contributed by atoms with Gasteiger partial charge in [0.05, 0.1) is 92.0 Å². The van der Waals surface area contributed by atoms with E-state index in [9.17, 15) is 0 Å². The SMILES string of the molecule is CCC1(COCCCCCCOc2ccc(N(c3ccc(OCCCCCCOCC4(CC)COC4)cc3)c3cc(-n4c5ccccc5c5ccccc54)cc(-n4c5ccccc5c5ccccc54)c3)cc2)COC1. The van der Waals surface area contributed by atoms with Crippen LogP contribution in [0.1, 0.15) is 78.1 Å². The van der Waals surface area contributed by atoms with Crippen LogP contribution in [0.25, 0.3) is 55.0 Å². The molecule has 0 aliphatic carbocycles. The van der Waals surface area contributed by atoms with E-state index in [1.807, 2.05) is 0 Å². The Balaban J connectivity index is 0.870.